The van der Waals surface area contributed by atoms with Crippen molar-refractivity contribution < 1.29 is 22.3 Å². The number of hydrogen-bond acceptors (Lipinski definition) is 5. The van der Waals surface area contributed by atoms with Crippen LogP contribution < -0.4 is 4.74 Å². The molecule has 32 heavy (non-hydrogen) atoms. The predicted octanol–water partition coefficient (Wildman–Crippen LogP) is 3.67. The number of rotatable bonds is 5. The van der Waals surface area contributed by atoms with Crippen LogP contribution in [0.3, 0.4) is 0 Å². The van der Waals surface area contributed by atoms with E-state index in [9.17, 15) is 17.6 Å². The standard InChI is InChI=1S/C23H24FN3O4S/c1-14(2)31-22-8-6-17(32(4,29)30)10-18(22)23(28)26-11-16-12-27(25-20(16)13-26)21-9-15(3)5-7-19(21)24/h5-10,12,14H,11,13H2,1-4H3. The van der Waals surface area contributed by atoms with Crippen LogP contribution in [0, 0.1) is 12.7 Å². The van der Waals surface area contributed by atoms with Gasteiger partial charge in [-0.15, -0.1) is 0 Å². The molecule has 0 radical (unpaired) electrons. The molecule has 0 aliphatic carbocycles. The van der Waals surface area contributed by atoms with Crippen LogP contribution in [-0.2, 0) is 22.9 Å². The summed E-state index contributed by atoms with van der Waals surface area (Å²) in [6.07, 6.45) is 2.63. The van der Waals surface area contributed by atoms with Crippen LogP contribution in [0.1, 0.15) is 41.0 Å². The number of benzene rings is 2. The Morgan fingerprint density at radius 1 is 1.16 bits per heavy atom. The van der Waals surface area contributed by atoms with Crippen molar-refractivity contribution in [2.45, 2.75) is 44.9 Å². The molecule has 2 heterocycles. The van der Waals surface area contributed by atoms with E-state index in [0.717, 1.165) is 17.4 Å². The molecule has 0 N–H and O–H groups in total. The Kier molecular flexibility index (Phi) is 5.54. The molecule has 3 aromatic rings. The monoisotopic (exact) mass is 457 g/mol. The van der Waals surface area contributed by atoms with Crippen LogP contribution >= 0.6 is 0 Å². The second kappa shape index (κ2) is 8.05. The normalized spacial score (nSPS) is 13.5. The molecule has 0 fully saturated rings. The van der Waals surface area contributed by atoms with Crippen molar-refractivity contribution in [3.05, 3.63) is 70.8 Å². The van der Waals surface area contributed by atoms with Crippen molar-refractivity contribution in [3.8, 4) is 11.4 Å². The molecule has 1 aromatic heterocycles. The summed E-state index contributed by atoms with van der Waals surface area (Å²) >= 11 is 0. The first-order valence-corrected chi connectivity index (χ1v) is 12.1. The molecule has 1 aliphatic rings. The van der Waals surface area contributed by atoms with Crippen LogP contribution in [0.4, 0.5) is 4.39 Å². The van der Waals surface area contributed by atoms with Crippen molar-refractivity contribution in [2.24, 2.45) is 0 Å². The Balaban J connectivity index is 1.63. The first-order chi connectivity index (χ1) is 15.0. The molecule has 1 amide bonds. The summed E-state index contributed by atoms with van der Waals surface area (Å²) in [4.78, 5) is 14.9. The maximum absolute atomic E-state index is 14.2. The first-order valence-electron chi connectivity index (χ1n) is 10.2. The van der Waals surface area contributed by atoms with Gasteiger partial charge in [-0.1, -0.05) is 6.07 Å². The van der Waals surface area contributed by atoms with E-state index >= 15 is 0 Å². The number of halogens is 1. The third-order valence-electron chi connectivity index (χ3n) is 5.19. The number of ether oxygens (including phenoxy) is 1. The molecule has 168 valence electrons. The number of hydrogen-bond donors (Lipinski definition) is 0. The van der Waals surface area contributed by atoms with Crippen molar-refractivity contribution >= 4 is 15.7 Å². The lowest BCUT2D eigenvalue weighted by Gasteiger charge is -2.20. The fraction of sp³-hybridized carbons (Fsp3) is 0.304. The van der Waals surface area contributed by atoms with E-state index in [1.54, 1.807) is 23.2 Å². The maximum Gasteiger partial charge on any atom is 0.258 e. The van der Waals surface area contributed by atoms with Gasteiger partial charge in [-0.25, -0.2) is 17.5 Å². The minimum Gasteiger partial charge on any atom is -0.490 e. The number of amides is 1. The third-order valence-corrected chi connectivity index (χ3v) is 6.30. The fourth-order valence-electron chi connectivity index (χ4n) is 3.65. The molecule has 1 aliphatic heterocycles. The predicted molar refractivity (Wildman–Crippen MR) is 117 cm³/mol. The fourth-order valence-corrected chi connectivity index (χ4v) is 4.30. The smallest absolute Gasteiger partial charge is 0.258 e. The summed E-state index contributed by atoms with van der Waals surface area (Å²) in [6.45, 7) is 6.06. The van der Waals surface area contributed by atoms with Crippen molar-refractivity contribution in [2.75, 3.05) is 6.26 Å². The molecule has 0 saturated carbocycles. The Morgan fingerprint density at radius 2 is 1.91 bits per heavy atom. The van der Waals surface area contributed by atoms with E-state index in [-0.39, 0.29) is 41.4 Å². The Hall–Kier alpha value is -3.20. The average molecular weight is 458 g/mol. The van der Waals surface area contributed by atoms with Gasteiger partial charge < -0.3 is 9.64 Å². The van der Waals surface area contributed by atoms with Gasteiger partial charge in [0.1, 0.15) is 17.3 Å². The highest BCUT2D eigenvalue weighted by atomic mass is 32.2. The Morgan fingerprint density at radius 3 is 2.56 bits per heavy atom. The minimum absolute atomic E-state index is 0.0500. The minimum atomic E-state index is -3.49. The maximum atomic E-state index is 14.2. The number of aryl methyl sites for hydroxylation is 1. The topological polar surface area (TPSA) is 81.5 Å². The zero-order valence-corrected chi connectivity index (χ0v) is 19.1. The summed E-state index contributed by atoms with van der Waals surface area (Å²) in [6, 6.07) is 9.11. The van der Waals surface area contributed by atoms with E-state index < -0.39 is 9.84 Å². The van der Waals surface area contributed by atoms with Crippen molar-refractivity contribution in [1.29, 1.82) is 0 Å². The molecule has 0 spiro atoms. The molecule has 9 heteroatoms. The van der Waals surface area contributed by atoms with Crippen LogP contribution in [0.5, 0.6) is 5.75 Å². The molecule has 4 rings (SSSR count). The number of carbonyl (C=O) groups is 1. The molecule has 0 atom stereocenters. The lowest BCUT2D eigenvalue weighted by Crippen LogP contribution is -2.27. The molecule has 0 bridgehead atoms. The van der Waals surface area contributed by atoms with E-state index in [1.807, 2.05) is 20.8 Å². The zero-order valence-electron chi connectivity index (χ0n) is 18.3. The van der Waals surface area contributed by atoms with Gasteiger partial charge in [0, 0.05) is 24.6 Å². The van der Waals surface area contributed by atoms with Gasteiger partial charge in [0.05, 0.1) is 28.8 Å². The third kappa shape index (κ3) is 4.25. The van der Waals surface area contributed by atoms with Crippen LogP contribution in [0.2, 0.25) is 0 Å². The second-order valence-corrected chi connectivity index (χ2v) is 10.3. The lowest BCUT2D eigenvalue weighted by atomic mass is 10.1. The van der Waals surface area contributed by atoms with Gasteiger partial charge in [0.15, 0.2) is 9.84 Å². The van der Waals surface area contributed by atoms with Crippen LogP contribution in [-0.4, -0.2) is 41.4 Å². The lowest BCUT2D eigenvalue weighted by molar-refractivity contribution is 0.0742. The van der Waals surface area contributed by atoms with Gasteiger partial charge >= 0.3 is 0 Å². The summed E-state index contributed by atoms with van der Waals surface area (Å²) in [5.74, 6) is -0.399. The molecule has 2 aromatic carbocycles. The van der Waals surface area contributed by atoms with Crippen molar-refractivity contribution in [3.63, 3.8) is 0 Å². The highest BCUT2D eigenvalue weighted by Gasteiger charge is 2.30. The van der Waals surface area contributed by atoms with Gasteiger partial charge in [0.2, 0.25) is 0 Å². The molecule has 0 saturated heterocycles. The highest BCUT2D eigenvalue weighted by molar-refractivity contribution is 7.90. The molecule has 7 nitrogen and oxygen atoms in total. The Labute approximate surface area is 186 Å². The van der Waals surface area contributed by atoms with E-state index in [4.69, 9.17) is 4.74 Å². The summed E-state index contributed by atoms with van der Waals surface area (Å²) < 4.78 is 45.5. The van der Waals surface area contributed by atoms with Gasteiger partial charge in [-0.3, -0.25) is 4.79 Å². The van der Waals surface area contributed by atoms with Crippen molar-refractivity contribution in [1.82, 2.24) is 14.7 Å². The van der Waals surface area contributed by atoms with E-state index in [1.165, 1.54) is 28.9 Å². The highest BCUT2D eigenvalue weighted by Crippen LogP contribution is 2.30. The SMILES string of the molecule is Cc1ccc(F)c(-n2cc3c(n2)CN(C(=O)c2cc(S(C)(=O)=O)ccc2OC(C)C)C3)c1. The molecule has 0 unspecified atom stereocenters. The number of carbonyl (C=O) groups excluding carboxylic acids is 1. The number of sulfone groups is 1. The van der Waals surface area contributed by atoms with E-state index in [0.29, 0.717) is 17.1 Å². The molecular weight excluding hydrogens is 433 g/mol. The quantitative estimate of drug-likeness (QED) is 0.584. The first kappa shape index (κ1) is 22.0. The Bertz CT molecular complexity index is 1290. The number of fused-ring (bicyclic) bond motifs is 1. The van der Waals surface area contributed by atoms with Crippen LogP contribution in [0.15, 0.2) is 47.5 Å². The summed E-state index contributed by atoms with van der Waals surface area (Å²) in [5, 5.41) is 4.47. The zero-order chi connectivity index (χ0) is 23.2. The second-order valence-electron chi connectivity index (χ2n) is 8.26. The largest absolute Gasteiger partial charge is 0.490 e. The van der Waals surface area contributed by atoms with Gasteiger partial charge in [-0.05, 0) is 56.7 Å². The van der Waals surface area contributed by atoms with Gasteiger partial charge in [0.25, 0.3) is 5.91 Å². The summed E-state index contributed by atoms with van der Waals surface area (Å²) in [5.41, 5.74) is 2.93. The van der Waals surface area contributed by atoms with Gasteiger partial charge in [-0.2, -0.15) is 5.10 Å². The van der Waals surface area contributed by atoms with E-state index in [2.05, 4.69) is 5.10 Å². The number of aromatic nitrogens is 2. The molecular formula is C23H24FN3O4S. The summed E-state index contributed by atoms with van der Waals surface area (Å²) in [7, 11) is -3.49. The number of nitrogens with zero attached hydrogens (tertiary/aromatic N) is 3. The average Bonchev–Trinajstić information content (AvgIpc) is 3.27. The van der Waals surface area contributed by atoms with Crippen LogP contribution in [0.25, 0.3) is 5.69 Å².